The first-order chi connectivity index (χ1) is 8.34. The summed E-state index contributed by atoms with van der Waals surface area (Å²) in [6.07, 6.45) is 0. The van der Waals surface area contributed by atoms with Crippen molar-refractivity contribution in [3.05, 3.63) is 29.6 Å². The summed E-state index contributed by atoms with van der Waals surface area (Å²) in [5.41, 5.74) is -0.181. The van der Waals surface area contributed by atoms with E-state index in [1.54, 1.807) is 0 Å². The molecule has 1 rings (SSSR count). The maximum atomic E-state index is 11.6. The van der Waals surface area contributed by atoms with Gasteiger partial charge in [-0.15, -0.1) is 0 Å². The van der Waals surface area contributed by atoms with Crippen molar-refractivity contribution in [1.82, 2.24) is 4.98 Å². The molecule has 0 unspecified atom stereocenters. The number of pyridine rings is 1. The van der Waals surface area contributed by atoms with Crippen molar-refractivity contribution in [1.29, 1.82) is 0 Å². The van der Waals surface area contributed by atoms with E-state index in [0.29, 0.717) is 0 Å². The molecule has 98 valence electrons. The number of carbonyl (C=O) groups excluding carboxylic acids is 1. The average Bonchev–Trinajstić information content (AvgIpc) is 2.27. The molecular formula is C10H11NO6S. The highest BCUT2D eigenvalue weighted by Gasteiger charge is 2.19. The van der Waals surface area contributed by atoms with Gasteiger partial charge in [0, 0.05) is 0 Å². The normalized spacial score (nSPS) is 10.9. The molecule has 0 amide bonds. The molecule has 0 atom stereocenters. The number of aromatic nitrogens is 1. The molecule has 0 saturated heterocycles. The van der Waals surface area contributed by atoms with Crippen molar-refractivity contribution in [3.8, 4) is 0 Å². The van der Waals surface area contributed by atoms with Crippen LogP contribution in [0.4, 0.5) is 0 Å². The minimum atomic E-state index is -3.72. The van der Waals surface area contributed by atoms with Gasteiger partial charge in [-0.1, -0.05) is 6.07 Å². The molecule has 0 bridgehead atoms. The minimum Gasteiger partial charge on any atom is -0.477 e. The van der Waals surface area contributed by atoms with Crippen LogP contribution < -0.4 is 0 Å². The first kappa shape index (κ1) is 14.1. The number of sulfone groups is 1. The third-order valence-corrected chi connectivity index (χ3v) is 3.37. The van der Waals surface area contributed by atoms with Gasteiger partial charge in [-0.3, -0.25) is 4.79 Å². The first-order valence-corrected chi connectivity index (χ1v) is 6.62. The number of hydrogen-bond donors (Lipinski definition) is 1. The Kier molecular flexibility index (Phi) is 4.38. The molecule has 0 aliphatic carbocycles. The number of carboxylic acid groups (broad SMARTS) is 1. The van der Waals surface area contributed by atoms with Gasteiger partial charge >= 0.3 is 11.9 Å². The average molecular weight is 273 g/mol. The van der Waals surface area contributed by atoms with E-state index in [-0.39, 0.29) is 11.4 Å². The van der Waals surface area contributed by atoms with Gasteiger partial charge in [-0.05, 0) is 12.1 Å². The summed E-state index contributed by atoms with van der Waals surface area (Å²) >= 11 is 0. The summed E-state index contributed by atoms with van der Waals surface area (Å²) in [4.78, 5) is 25.2. The molecule has 0 aromatic carbocycles. The fourth-order valence-corrected chi connectivity index (χ4v) is 2.38. The number of hydrogen-bond acceptors (Lipinski definition) is 6. The number of carbonyl (C=O) groups is 2. The van der Waals surface area contributed by atoms with Crippen LogP contribution in [0.25, 0.3) is 0 Å². The summed E-state index contributed by atoms with van der Waals surface area (Å²) in [6.45, 7) is 0. The minimum absolute atomic E-state index is 0.0683. The molecule has 1 aromatic heterocycles. The van der Waals surface area contributed by atoms with Gasteiger partial charge in [0.15, 0.2) is 9.84 Å². The third-order valence-electron chi connectivity index (χ3n) is 1.96. The van der Waals surface area contributed by atoms with Crippen LogP contribution >= 0.6 is 0 Å². The molecule has 0 aliphatic rings. The van der Waals surface area contributed by atoms with Crippen molar-refractivity contribution < 1.29 is 27.9 Å². The third kappa shape index (κ3) is 4.13. The number of aromatic carboxylic acids is 1. The zero-order chi connectivity index (χ0) is 13.8. The topological polar surface area (TPSA) is 111 Å². The van der Waals surface area contributed by atoms with E-state index >= 15 is 0 Å². The summed E-state index contributed by atoms with van der Waals surface area (Å²) in [5.74, 6) is -3.39. The lowest BCUT2D eigenvalue weighted by Crippen LogP contribution is -2.19. The lowest BCUT2D eigenvalue weighted by molar-refractivity contribution is -0.137. The van der Waals surface area contributed by atoms with E-state index < -0.39 is 33.3 Å². The lowest BCUT2D eigenvalue weighted by Gasteiger charge is -2.03. The Morgan fingerprint density at radius 3 is 2.61 bits per heavy atom. The van der Waals surface area contributed by atoms with Crippen LogP contribution in [0.5, 0.6) is 0 Å². The van der Waals surface area contributed by atoms with Gasteiger partial charge < -0.3 is 9.84 Å². The number of esters is 1. The van der Waals surface area contributed by atoms with Crippen LogP contribution in [0.3, 0.4) is 0 Å². The molecule has 0 fully saturated rings. The quantitative estimate of drug-likeness (QED) is 0.744. The zero-order valence-electron chi connectivity index (χ0n) is 9.49. The van der Waals surface area contributed by atoms with E-state index in [0.717, 1.165) is 7.11 Å². The molecule has 0 radical (unpaired) electrons. The molecule has 0 spiro atoms. The summed E-state index contributed by atoms with van der Waals surface area (Å²) in [7, 11) is -2.63. The summed E-state index contributed by atoms with van der Waals surface area (Å²) in [6, 6.07) is 4.01. The Balaban J connectivity index is 2.87. The molecule has 1 aromatic rings. The summed E-state index contributed by atoms with van der Waals surface area (Å²) in [5, 5.41) is 8.71. The van der Waals surface area contributed by atoms with Crippen molar-refractivity contribution >= 4 is 21.8 Å². The van der Waals surface area contributed by atoms with Crippen LogP contribution in [0.1, 0.15) is 16.2 Å². The van der Waals surface area contributed by atoms with E-state index in [9.17, 15) is 18.0 Å². The van der Waals surface area contributed by atoms with Crippen molar-refractivity contribution in [3.63, 3.8) is 0 Å². The molecule has 8 heteroatoms. The van der Waals surface area contributed by atoms with Gasteiger partial charge in [0.1, 0.15) is 11.4 Å². The molecule has 1 N–H and O–H groups in total. The van der Waals surface area contributed by atoms with Crippen molar-refractivity contribution in [2.24, 2.45) is 0 Å². The second kappa shape index (κ2) is 5.58. The van der Waals surface area contributed by atoms with Gasteiger partial charge in [-0.25, -0.2) is 18.2 Å². The summed E-state index contributed by atoms with van der Waals surface area (Å²) < 4.78 is 27.4. The Hall–Kier alpha value is -1.96. The smallest absolute Gasteiger partial charge is 0.354 e. The van der Waals surface area contributed by atoms with E-state index in [1.807, 2.05) is 0 Å². The SMILES string of the molecule is COC(=O)CS(=O)(=O)Cc1cccc(C(=O)O)n1. The number of carboxylic acids is 1. The number of ether oxygens (including phenoxy) is 1. The maximum absolute atomic E-state index is 11.6. The van der Waals surface area contributed by atoms with Crippen molar-refractivity contribution in [2.75, 3.05) is 12.9 Å². The molecule has 0 aliphatic heterocycles. The highest BCUT2D eigenvalue weighted by molar-refractivity contribution is 7.91. The standard InChI is InChI=1S/C10H11NO6S/c1-17-9(12)6-18(15,16)5-7-3-2-4-8(11-7)10(13)14/h2-4H,5-6H2,1H3,(H,13,14). The second-order valence-corrected chi connectivity index (χ2v) is 5.49. The molecule has 1 heterocycles. The predicted molar refractivity (Wildman–Crippen MR) is 60.7 cm³/mol. The maximum Gasteiger partial charge on any atom is 0.354 e. The lowest BCUT2D eigenvalue weighted by atomic mass is 10.3. The number of nitrogens with zero attached hydrogens (tertiary/aromatic N) is 1. The van der Waals surface area contributed by atoms with Crippen LogP contribution in [-0.4, -0.2) is 43.3 Å². The fraction of sp³-hybridized carbons (Fsp3) is 0.300. The second-order valence-electron chi connectivity index (χ2n) is 3.43. The molecule has 7 nitrogen and oxygen atoms in total. The van der Waals surface area contributed by atoms with Crippen LogP contribution in [-0.2, 0) is 25.1 Å². The van der Waals surface area contributed by atoms with Crippen LogP contribution in [0.15, 0.2) is 18.2 Å². The largest absolute Gasteiger partial charge is 0.477 e. The first-order valence-electron chi connectivity index (χ1n) is 4.80. The van der Waals surface area contributed by atoms with Gasteiger partial charge in [0.2, 0.25) is 0 Å². The zero-order valence-corrected chi connectivity index (χ0v) is 10.3. The Bertz CT molecular complexity index is 565. The van der Waals surface area contributed by atoms with Gasteiger partial charge in [0.25, 0.3) is 0 Å². The van der Waals surface area contributed by atoms with E-state index in [1.165, 1.54) is 18.2 Å². The Labute approximate surface area is 103 Å². The predicted octanol–water partition coefficient (Wildman–Crippen LogP) is -0.132. The highest BCUT2D eigenvalue weighted by Crippen LogP contribution is 2.06. The van der Waals surface area contributed by atoms with Gasteiger partial charge in [0.05, 0.1) is 18.6 Å². The van der Waals surface area contributed by atoms with E-state index in [4.69, 9.17) is 5.11 Å². The Morgan fingerprint density at radius 2 is 2.06 bits per heavy atom. The molecule has 18 heavy (non-hydrogen) atoms. The van der Waals surface area contributed by atoms with E-state index in [2.05, 4.69) is 9.72 Å². The number of methoxy groups -OCH3 is 1. The van der Waals surface area contributed by atoms with Crippen LogP contribution in [0.2, 0.25) is 0 Å². The fourth-order valence-electron chi connectivity index (χ4n) is 1.19. The molecule has 0 saturated carbocycles. The van der Waals surface area contributed by atoms with Crippen LogP contribution in [0, 0.1) is 0 Å². The highest BCUT2D eigenvalue weighted by atomic mass is 32.2. The van der Waals surface area contributed by atoms with Crippen molar-refractivity contribution in [2.45, 2.75) is 5.75 Å². The van der Waals surface area contributed by atoms with Gasteiger partial charge in [-0.2, -0.15) is 0 Å². The Morgan fingerprint density at radius 1 is 1.39 bits per heavy atom. The monoisotopic (exact) mass is 273 g/mol. The molecular weight excluding hydrogens is 262 g/mol. The number of rotatable bonds is 5.